The van der Waals surface area contributed by atoms with Gasteiger partial charge in [0.1, 0.15) is 11.6 Å². The number of carbonyl (C=O) groups is 2. The van der Waals surface area contributed by atoms with Gasteiger partial charge in [0.2, 0.25) is 12.3 Å². The van der Waals surface area contributed by atoms with Gasteiger partial charge in [-0.15, -0.1) is 10.1 Å². The normalized spacial score (nSPS) is 18.2. The van der Waals surface area contributed by atoms with E-state index in [-0.39, 0.29) is 5.56 Å². The molecule has 0 saturated carbocycles. The topological polar surface area (TPSA) is 88.9 Å². The van der Waals surface area contributed by atoms with Crippen LogP contribution in [0.3, 0.4) is 0 Å². The van der Waals surface area contributed by atoms with E-state index in [1.165, 1.54) is 24.3 Å². The molecule has 0 bridgehead atoms. The summed E-state index contributed by atoms with van der Waals surface area (Å²) in [7, 11) is 4.66. The van der Waals surface area contributed by atoms with Crippen molar-refractivity contribution < 1.29 is 32.9 Å². The van der Waals surface area contributed by atoms with E-state index in [4.69, 9.17) is 14.2 Å². The van der Waals surface area contributed by atoms with Crippen LogP contribution in [0.4, 0.5) is 4.39 Å². The van der Waals surface area contributed by atoms with E-state index < -0.39 is 29.7 Å². The number of rotatable bonds is 7. The highest BCUT2D eigenvalue weighted by atomic mass is 19.1. The molecule has 1 aliphatic heterocycles. The standard InChI is InChI=1S/C26H24FN3O5/c1-33-20-11-7-17(8-12-20)24-23(28-25(31)18-5-9-19(27)10-6-18)26(32)29-30(24)15-16-4-13-21(34-2)22(14-16)35-3/h4-15,23-24H,1-3H3,(H-,28,29,31,32)/p+1/b30-15-/t23-,24-/m0/s1. The van der Waals surface area contributed by atoms with Gasteiger partial charge in [0.25, 0.3) is 5.91 Å². The van der Waals surface area contributed by atoms with Crippen molar-refractivity contribution in [3.63, 3.8) is 0 Å². The zero-order chi connectivity index (χ0) is 24.9. The van der Waals surface area contributed by atoms with Gasteiger partial charge in [-0.3, -0.25) is 9.59 Å². The minimum absolute atomic E-state index is 0.245. The molecule has 0 unspecified atom stereocenters. The fraction of sp³-hybridized carbons (Fsp3) is 0.192. The fourth-order valence-electron chi connectivity index (χ4n) is 3.90. The highest BCUT2D eigenvalue weighted by Crippen LogP contribution is 2.29. The van der Waals surface area contributed by atoms with Crippen LogP contribution >= 0.6 is 0 Å². The van der Waals surface area contributed by atoms with Crippen LogP contribution in [0.15, 0.2) is 66.7 Å². The van der Waals surface area contributed by atoms with Crippen molar-refractivity contribution >= 4 is 18.0 Å². The predicted molar refractivity (Wildman–Crippen MR) is 127 cm³/mol. The average molecular weight is 479 g/mol. The largest absolute Gasteiger partial charge is 0.497 e. The third kappa shape index (κ3) is 5.08. The minimum atomic E-state index is -0.919. The number of hydrazine groups is 1. The molecular weight excluding hydrogens is 453 g/mol. The second-order valence-corrected chi connectivity index (χ2v) is 7.80. The summed E-state index contributed by atoms with van der Waals surface area (Å²) >= 11 is 0. The van der Waals surface area contributed by atoms with Crippen LogP contribution in [0.5, 0.6) is 17.2 Å². The molecule has 0 radical (unpaired) electrons. The molecule has 1 fully saturated rings. The van der Waals surface area contributed by atoms with E-state index in [1.54, 1.807) is 56.5 Å². The van der Waals surface area contributed by atoms with Gasteiger partial charge in [-0.2, -0.15) is 0 Å². The summed E-state index contributed by atoms with van der Waals surface area (Å²) in [5.41, 5.74) is 4.58. The summed E-state index contributed by atoms with van der Waals surface area (Å²) in [5, 5.41) is 2.79. The van der Waals surface area contributed by atoms with Gasteiger partial charge in [-0.05, 0) is 66.7 Å². The summed E-state index contributed by atoms with van der Waals surface area (Å²) < 4.78 is 30.9. The van der Waals surface area contributed by atoms with Gasteiger partial charge >= 0.3 is 5.91 Å². The van der Waals surface area contributed by atoms with E-state index in [2.05, 4.69) is 10.7 Å². The number of hydrogen-bond donors (Lipinski definition) is 2. The van der Waals surface area contributed by atoms with Gasteiger partial charge in [0.05, 0.1) is 21.3 Å². The average Bonchev–Trinajstić information content (AvgIpc) is 3.18. The minimum Gasteiger partial charge on any atom is -0.497 e. The van der Waals surface area contributed by atoms with Gasteiger partial charge < -0.3 is 19.5 Å². The molecule has 2 amide bonds. The van der Waals surface area contributed by atoms with Crippen LogP contribution in [0, 0.1) is 5.82 Å². The molecule has 3 aromatic rings. The van der Waals surface area contributed by atoms with Crippen molar-refractivity contribution in [2.24, 2.45) is 0 Å². The second-order valence-electron chi connectivity index (χ2n) is 7.80. The second kappa shape index (κ2) is 10.3. The number of amides is 2. The molecule has 4 rings (SSSR count). The first kappa shape index (κ1) is 23.7. The first-order chi connectivity index (χ1) is 16.9. The maximum absolute atomic E-state index is 13.3. The van der Waals surface area contributed by atoms with Crippen molar-refractivity contribution in [1.82, 2.24) is 10.7 Å². The maximum atomic E-state index is 13.3. The molecule has 35 heavy (non-hydrogen) atoms. The molecule has 3 aromatic carbocycles. The van der Waals surface area contributed by atoms with Crippen molar-refractivity contribution in [3.8, 4) is 17.2 Å². The molecule has 180 valence electrons. The number of halogens is 1. The van der Waals surface area contributed by atoms with E-state index in [9.17, 15) is 14.0 Å². The quantitative estimate of drug-likeness (QED) is 0.510. The Balaban J connectivity index is 1.71. The number of hydrazone groups is 1. The summed E-state index contributed by atoms with van der Waals surface area (Å²) in [6.07, 6.45) is 1.75. The summed E-state index contributed by atoms with van der Waals surface area (Å²) in [5.74, 6) is 0.440. The molecule has 2 N–H and O–H groups in total. The lowest BCUT2D eigenvalue weighted by molar-refractivity contribution is -0.596. The zero-order valence-electron chi connectivity index (χ0n) is 19.4. The van der Waals surface area contributed by atoms with E-state index in [0.717, 1.165) is 11.1 Å². The Morgan fingerprint density at radius 2 is 1.63 bits per heavy atom. The number of benzene rings is 3. The Kier molecular flexibility index (Phi) is 6.96. The third-order valence-electron chi connectivity index (χ3n) is 5.68. The monoisotopic (exact) mass is 478 g/mol. The predicted octanol–water partition coefficient (Wildman–Crippen LogP) is 2.87. The van der Waals surface area contributed by atoms with E-state index in [1.807, 2.05) is 18.2 Å². The number of nitrogens with zero attached hydrogens (tertiary/aromatic N) is 1. The Bertz CT molecular complexity index is 1260. The van der Waals surface area contributed by atoms with Crippen LogP contribution in [0.2, 0.25) is 0 Å². The lowest BCUT2D eigenvalue weighted by Crippen LogP contribution is -2.42. The maximum Gasteiger partial charge on any atom is 0.304 e. The molecule has 9 heteroatoms. The first-order valence-corrected chi connectivity index (χ1v) is 10.8. The van der Waals surface area contributed by atoms with Crippen LogP contribution in [-0.4, -0.2) is 50.1 Å². The van der Waals surface area contributed by atoms with Crippen LogP contribution in [0.1, 0.15) is 27.5 Å². The highest BCUT2D eigenvalue weighted by Gasteiger charge is 2.47. The SMILES string of the molecule is COc1ccc([C@H]2[C@H](NC(=O)c3ccc(F)cc3)C(=O)N/[N+]2=C\c2ccc(OC)c(OC)c2)cc1. The fourth-order valence-corrected chi connectivity index (χ4v) is 3.90. The molecule has 1 saturated heterocycles. The van der Waals surface area contributed by atoms with Gasteiger partial charge in [0.15, 0.2) is 17.5 Å². The van der Waals surface area contributed by atoms with Crippen LogP contribution < -0.4 is 25.0 Å². The molecule has 0 aliphatic carbocycles. The Morgan fingerprint density at radius 3 is 2.26 bits per heavy atom. The summed E-state index contributed by atoms with van der Waals surface area (Å²) in [6, 6.07) is 16.2. The van der Waals surface area contributed by atoms with Crippen molar-refractivity contribution in [2.75, 3.05) is 21.3 Å². The molecule has 1 aliphatic rings. The number of methoxy groups -OCH3 is 3. The molecule has 1 heterocycles. The smallest absolute Gasteiger partial charge is 0.304 e. The highest BCUT2D eigenvalue weighted by molar-refractivity contribution is 5.98. The number of ether oxygens (including phenoxy) is 3. The van der Waals surface area contributed by atoms with E-state index in [0.29, 0.717) is 17.2 Å². The number of nitrogens with one attached hydrogen (secondary N) is 2. The molecular formula is C26H25FN3O5+. The molecule has 0 spiro atoms. The lowest BCUT2D eigenvalue weighted by Gasteiger charge is -2.15. The van der Waals surface area contributed by atoms with Gasteiger partial charge in [-0.25, -0.2) is 4.39 Å². The lowest BCUT2D eigenvalue weighted by atomic mass is 9.99. The molecule has 0 aromatic heterocycles. The van der Waals surface area contributed by atoms with Crippen LogP contribution in [0.25, 0.3) is 0 Å². The van der Waals surface area contributed by atoms with E-state index >= 15 is 0 Å². The van der Waals surface area contributed by atoms with Crippen molar-refractivity contribution in [1.29, 1.82) is 0 Å². The number of hydrogen-bond acceptors (Lipinski definition) is 5. The van der Waals surface area contributed by atoms with Crippen molar-refractivity contribution in [3.05, 3.63) is 89.2 Å². The molecule has 2 atom stereocenters. The van der Waals surface area contributed by atoms with Gasteiger partial charge in [0, 0.05) is 16.7 Å². The summed E-state index contributed by atoms with van der Waals surface area (Å²) in [4.78, 5) is 25.9. The third-order valence-corrected chi connectivity index (χ3v) is 5.68. The van der Waals surface area contributed by atoms with Gasteiger partial charge in [-0.1, -0.05) is 0 Å². The number of carbonyl (C=O) groups excluding carboxylic acids is 2. The van der Waals surface area contributed by atoms with Crippen molar-refractivity contribution in [2.45, 2.75) is 12.1 Å². The Labute approximate surface area is 201 Å². The molecule has 8 nitrogen and oxygen atoms in total. The summed E-state index contributed by atoms with van der Waals surface area (Å²) in [6.45, 7) is 0. The Hall–Kier alpha value is -4.40. The first-order valence-electron chi connectivity index (χ1n) is 10.8. The van der Waals surface area contributed by atoms with Crippen LogP contribution in [-0.2, 0) is 4.79 Å². The Morgan fingerprint density at radius 1 is 0.943 bits per heavy atom. The zero-order valence-corrected chi connectivity index (χ0v) is 19.4.